The minimum atomic E-state index is -0.311. The van der Waals surface area contributed by atoms with Crippen LogP contribution in [0.2, 0.25) is 0 Å². The molecule has 4 heteroatoms. The fourth-order valence-corrected chi connectivity index (χ4v) is 1.50. The summed E-state index contributed by atoms with van der Waals surface area (Å²) in [7, 11) is 0. The van der Waals surface area contributed by atoms with Crippen LogP contribution < -0.4 is 0 Å². The van der Waals surface area contributed by atoms with E-state index in [1.807, 2.05) is 0 Å². The molecule has 14 heavy (non-hydrogen) atoms. The summed E-state index contributed by atoms with van der Waals surface area (Å²) in [5.74, 6) is -0.622. The molecule has 1 aliphatic rings. The van der Waals surface area contributed by atoms with E-state index in [4.69, 9.17) is 5.41 Å². The Morgan fingerprint density at radius 2 is 1.64 bits per heavy atom. The molecule has 2 amide bonds. The van der Waals surface area contributed by atoms with Gasteiger partial charge >= 0.3 is 0 Å². The predicted molar refractivity (Wildman–Crippen MR) is 50.6 cm³/mol. The molecule has 1 aliphatic heterocycles. The molecule has 1 aromatic rings. The minimum Gasteiger partial charge on any atom is -0.311 e. The Labute approximate surface area is 80.7 Å². The largest absolute Gasteiger partial charge is 0.311 e. The zero-order valence-electron chi connectivity index (χ0n) is 7.36. The fraction of sp³-hybridized carbons (Fsp3) is 0.100. The molecule has 0 saturated heterocycles. The Balaban J connectivity index is 2.48. The zero-order chi connectivity index (χ0) is 10.1. The number of carbonyl (C=O) groups is 2. The van der Waals surface area contributed by atoms with E-state index >= 15 is 0 Å². The molecular weight excluding hydrogens is 180 g/mol. The molecule has 0 bridgehead atoms. The van der Waals surface area contributed by atoms with Crippen LogP contribution in [0, 0.1) is 5.41 Å². The minimum absolute atomic E-state index is 0.0480. The van der Waals surface area contributed by atoms with Crippen LogP contribution in [0.25, 0.3) is 0 Å². The molecule has 0 fully saturated rings. The van der Waals surface area contributed by atoms with Crippen LogP contribution >= 0.6 is 0 Å². The second-order valence-electron chi connectivity index (χ2n) is 2.97. The molecule has 1 aromatic carbocycles. The maximum atomic E-state index is 11.6. The molecule has 0 atom stereocenters. The van der Waals surface area contributed by atoms with Crippen molar-refractivity contribution in [2.75, 3.05) is 6.54 Å². The number of nitrogens with one attached hydrogen (secondary N) is 1. The van der Waals surface area contributed by atoms with E-state index in [2.05, 4.69) is 0 Å². The van der Waals surface area contributed by atoms with Gasteiger partial charge in [-0.15, -0.1) is 0 Å². The van der Waals surface area contributed by atoms with Crippen molar-refractivity contribution in [3.8, 4) is 0 Å². The third kappa shape index (κ3) is 1.04. The van der Waals surface area contributed by atoms with Gasteiger partial charge < -0.3 is 5.41 Å². The van der Waals surface area contributed by atoms with Crippen molar-refractivity contribution in [2.45, 2.75) is 0 Å². The van der Waals surface area contributed by atoms with Crippen molar-refractivity contribution in [3.63, 3.8) is 0 Å². The number of imide groups is 1. The van der Waals surface area contributed by atoms with Gasteiger partial charge in [-0.2, -0.15) is 0 Å². The first-order chi connectivity index (χ1) is 6.75. The van der Waals surface area contributed by atoms with Crippen molar-refractivity contribution >= 4 is 18.0 Å². The van der Waals surface area contributed by atoms with Gasteiger partial charge in [0.2, 0.25) is 0 Å². The highest BCUT2D eigenvalue weighted by Crippen LogP contribution is 2.21. The number of hydrogen-bond donors (Lipinski definition) is 1. The summed E-state index contributed by atoms with van der Waals surface area (Å²) in [6.07, 6.45) is 1.04. The molecule has 0 aliphatic carbocycles. The van der Waals surface area contributed by atoms with Crippen molar-refractivity contribution in [2.24, 2.45) is 0 Å². The highest BCUT2D eigenvalue weighted by Gasteiger charge is 2.34. The number of nitrogens with zero attached hydrogens (tertiary/aromatic N) is 1. The molecule has 0 aromatic heterocycles. The maximum Gasteiger partial charge on any atom is 0.261 e. The van der Waals surface area contributed by atoms with E-state index in [-0.39, 0.29) is 18.4 Å². The van der Waals surface area contributed by atoms with E-state index in [0.717, 1.165) is 11.1 Å². The van der Waals surface area contributed by atoms with Gasteiger partial charge in [0, 0.05) is 6.21 Å². The first kappa shape index (κ1) is 8.62. The van der Waals surface area contributed by atoms with E-state index in [1.54, 1.807) is 24.3 Å². The molecule has 0 unspecified atom stereocenters. The molecule has 0 spiro atoms. The van der Waals surface area contributed by atoms with Gasteiger partial charge in [-0.3, -0.25) is 14.5 Å². The summed E-state index contributed by atoms with van der Waals surface area (Å²) >= 11 is 0. The molecule has 0 radical (unpaired) electrons. The molecule has 70 valence electrons. The monoisotopic (exact) mass is 188 g/mol. The van der Waals surface area contributed by atoms with Crippen molar-refractivity contribution in [3.05, 3.63) is 35.4 Å². The maximum absolute atomic E-state index is 11.6. The van der Waals surface area contributed by atoms with Crippen LogP contribution in [-0.2, 0) is 0 Å². The summed E-state index contributed by atoms with van der Waals surface area (Å²) in [4.78, 5) is 24.3. The van der Waals surface area contributed by atoms with E-state index in [1.165, 1.54) is 0 Å². The Kier molecular flexibility index (Phi) is 1.89. The highest BCUT2D eigenvalue weighted by molar-refractivity contribution is 6.21. The summed E-state index contributed by atoms with van der Waals surface area (Å²) < 4.78 is 0. The first-order valence-electron chi connectivity index (χ1n) is 4.20. The van der Waals surface area contributed by atoms with Gasteiger partial charge in [0.25, 0.3) is 11.8 Å². The molecule has 4 nitrogen and oxygen atoms in total. The van der Waals surface area contributed by atoms with E-state index < -0.39 is 0 Å². The first-order valence-corrected chi connectivity index (χ1v) is 4.20. The van der Waals surface area contributed by atoms with Gasteiger partial charge in [0.1, 0.15) is 0 Å². The summed E-state index contributed by atoms with van der Waals surface area (Å²) in [5, 5.41) is 6.88. The third-order valence-electron chi connectivity index (χ3n) is 2.15. The van der Waals surface area contributed by atoms with Crippen LogP contribution in [0.15, 0.2) is 24.3 Å². The highest BCUT2D eigenvalue weighted by atomic mass is 16.2. The van der Waals surface area contributed by atoms with Crippen LogP contribution in [0.4, 0.5) is 0 Å². The van der Waals surface area contributed by atoms with Gasteiger partial charge in [-0.25, -0.2) is 0 Å². The average molecular weight is 188 g/mol. The topological polar surface area (TPSA) is 61.2 Å². The van der Waals surface area contributed by atoms with Gasteiger partial charge in [-0.1, -0.05) is 12.1 Å². The number of benzene rings is 1. The lowest BCUT2D eigenvalue weighted by Gasteiger charge is -2.08. The molecular formula is C10H8N2O2. The number of carbonyl (C=O) groups excluding carboxylic acids is 2. The number of fused-ring (bicyclic) bond motifs is 1. The third-order valence-corrected chi connectivity index (χ3v) is 2.15. The number of amides is 2. The SMILES string of the molecule is N=CCN1C(=O)c2ccccc2C1=O. The second-order valence-corrected chi connectivity index (χ2v) is 2.97. The van der Waals surface area contributed by atoms with Crippen LogP contribution in [0.5, 0.6) is 0 Å². The Hall–Kier alpha value is -1.97. The lowest BCUT2D eigenvalue weighted by Crippen LogP contribution is -2.31. The Morgan fingerprint density at radius 3 is 2.07 bits per heavy atom. The predicted octanol–water partition coefficient (Wildman–Crippen LogP) is 0.932. The molecule has 1 N–H and O–H groups in total. The Bertz CT molecular complexity index is 391. The van der Waals surface area contributed by atoms with E-state index in [9.17, 15) is 9.59 Å². The molecule has 2 rings (SSSR count). The van der Waals surface area contributed by atoms with Crippen LogP contribution in [0.3, 0.4) is 0 Å². The Morgan fingerprint density at radius 1 is 1.14 bits per heavy atom. The zero-order valence-corrected chi connectivity index (χ0v) is 7.36. The van der Waals surface area contributed by atoms with E-state index in [0.29, 0.717) is 11.1 Å². The lowest BCUT2D eigenvalue weighted by atomic mass is 10.1. The molecule has 1 heterocycles. The summed E-state index contributed by atoms with van der Waals surface area (Å²) in [5.41, 5.74) is 0.860. The summed E-state index contributed by atoms with van der Waals surface area (Å²) in [6.45, 7) is 0.0480. The van der Waals surface area contributed by atoms with Crippen molar-refractivity contribution in [1.29, 1.82) is 5.41 Å². The lowest BCUT2D eigenvalue weighted by molar-refractivity contribution is 0.0679. The number of hydrogen-bond acceptors (Lipinski definition) is 3. The quantitative estimate of drug-likeness (QED) is 0.554. The summed E-state index contributed by atoms with van der Waals surface area (Å²) in [6, 6.07) is 6.69. The van der Waals surface area contributed by atoms with Crippen molar-refractivity contribution in [1.82, 2.24) is 4.90 Å². The normalized spacial score (nSPS) is 14.4. The van der Waals surface area contributed by atoms with Gasteiger partial charge in [0.05, 0.1) is 17.7 Å². The fourth-order valence-electron chi connectivity index (χ4n) is 1.50. The standard InChI is InChI=1S/C10H8N2O2/c11-5-6-12-9(13)7-3-1-2-4-8(7)10(12)14/h1-5,11H,6H2. The second kappa shape index (κ2) is 3.06. The van der Waals surface area contributed by atoms with Crippen molar-refractivity contribution < 1.29 is 9.59 Å². The van der Waals surface area contributed by atoms with Gasteiger partial charge in [0.15, 0.2) is 0 Å². The average Bonchev–Trinajstić information content (AvgIpc) is 2.45. The van der Waals surface area contributed by atoms with Crippen LogP contribution in [0.1, 0.15) is 20.7 Å². The van der Waals surface area contributed by atoms with Crippen LogP contribution in [-0.4, -0.2) is 29.5 Å². The van der Waals surface area contributed by atoms with Gasteiger partial charge in [-0.05, 0) is 12.1 Å². The smallest absolute Gasteiger partial charge is 0.261 e. The molecule has 0 saturated carbocycles. The number of rotatable bonds is 2.